The number of carbonyl (C=O) groups is 1. The van der Waals surface area contributed by atoms with Gasteiger partial charge < -0.3 is 15.2 Å². The predicted molar refractivity (Wildman–Crippen MR) is 98.1 cm³/mol. The lowest BCUT2D eigenvalue weighted by Crippen LogP contribution is -2.49. The zero-order valence-electron chi connectivity index (χ0n) is 15.2. The SMILES string of the molecule is CCc1nc(C)c(CC(=O)NC2CCCN(c3ncccn3)C2)c(=O)[nH]1. The van der Waals surface area contributed by atoms with Crippen molar-refractivity contribution in [2.45, 2.75) is 45.6 Å². The van der Waals surface area contributed by atoms with Gasteiger partial charge in [-0.2, -0.15) is 0 Å². The summed E-state index contributed by atoms with van der Waals surface area (Å²) in [4.78, 5) is 42.3. The minimum absolute atomic E-state index is 0.0160. The highest BCUT2D eigenvalue weighted by Crippen LogP contribution is 2.15. The van der Waals surface area contributed by atoms with Gasteiger partial charge in [-0.1, -0.05) is 6.92 Å². The third kappa shape index (κ3) is 4.25. The second kappa shape index (κ2) is 8.07. The summed E-state index contributed by atoms with van der Waals surface area (Å²) in [6.45, 7) is 5.23. The van der Waals surface area contributed by atoms with E-state index >= 15 is 0 Å². The number of anilines is 1. The molecule has 0 bridgehead atoms. The lowest BCUT2D eigenvalue weighted by Gasteiger charge is -2.33. The average molecular weight is 356 g/mol. The highest BCUT2D eigenvalue weighted by Gasteiger charge is 2.23. The van der Waals surface area contributed by atoms with Gasteiger partial charge in [0.25, 0.3) is 5.56 Å². The molecule has 3 rings (SSSR count). The normalized spacial score (nSPS) is 17.2. The number of hydrogen-bond donors (Lipinski definition) is 2. The van der Waals surface area contributed by atoms with Crippen molar-refractivity contribution in [1.82, 2.24) is 25.3 Å². The van der Waals surface area contributed by atoms with Crippen LogP contribution in [0.15, 0.2) is 23.3 Å². The summed E-state index contributed by atoms with van der Waals surface area (Å²) in [7, 11) is 0. The number of carbonyl (C=O) groups excluding carboxylic acids is 1. The first-order valence-electron chi connectivity index (χ1n) is 8.96. The fourth-order valence-corrected chi connectivity index (χ4v) is 3.21. The number of amides is 1. The van der Waals surface area contributed by atoms with Crippen molar-refractivity contribution in [2.75, 3.05) is 18.0 Å². The maximum Gasteiger partial charge on any atom is 0.254 e. The van der Waals surface area contributed by atoms with Crippen LogP contribution in [0, 0.1) is 6.92 Å². The van der Waals surface area contributed by atoms with Gasteiger partial charge in [-0.3, -0.25) is 9.59 Å². The quantitative estimate of drug-likeness (QED) is 0.820. The number of aryl methyl sites for hydroxylation is 2. The third-order valence-corrected chi connectivity index (χ3v) is 4.57. The minimum atomic E-state index is -0.229. The van der Waals surface area contributed by atoms with E-state index in [1.807, 2.05) is 6.92 Å². The fourth-order valence-electron chi connectivity index (χ4n) is 3.21. The summed E-state index contributed by atoms with van der Waals surface area (Å²) in [5.74, 6) is 1.16. The Morgan fingerprint density at radius 1 is 1.38 bits per heavy atom. The van der Waals surface area contributed by atoms with Crippen molar-refractivity contribution in [1.29, 1.82) is 0 Å². The van der Waals surface area contributed by atoms with Crippen LogP contribution >= 0.6 is 0 Å². The van der Waals surface area contributed by atoms with Crippen LogP contribution in [0.1, 0.15) is 36.8 Å². The molecule has 1 atom stereocenters. The van der Waals surface area contributed by atoms with E-state index in [1.54, 1.807) is 25.4 Å². The second-order valence-corrected chi connectivity index (χ2v) is 6.51. The third-order valence-electron chi connectivity index (χ3n) is 4.57. The zero-order valence-corrected chi connectivity index (χ0v) is 15.2. The number of rotatable bonds is 5. The molecule has 0 radical (unpaired) electrons. The number of aromatic nitrogens is 4. The summed E-state index contributed by atoms with van der Waals surface area (Å²) in [6, 6.07) is 1.80. The Hall–Kier alpha value is -2.77. The molecule has 2 N–H and O–H groups in total. The molecular weight excluding hydrogens is 332 g/mol. The highest BCUT2D eigenvalue weighted by atomic mass is 16.2. The van der Waals surface area contributed by atoms with Gasteiger partial charge >= 0.3 is 0 Å². The molecule has 1 aliphatic rings. The van der Waals surface area contributed by atoms with Crippen molar-refractivity contribution in [2.24, 2.45) is 0 Å². The van der Waals surface area contributed by atoms with Crippen LogP contribution < -0.4 is 15.8 Å². The van der Waals surface area contributed by atoms with Crippen LogP contribution in [0.2, 0.25) is 0 Å². The number of H-pyrrole nitrogens is 1. The van der Waals surface area contributed by atoms with Crippen molar-refractivity contribution >= 4 is 11.9 Å². The Balaban J connectivity index is 1.62. The molecule has 8 heteroatoms. The molecule has 0 spiro atoms. The van der Waals surface area contributed by atoms with E-state index in [-0.39, 0.29) is 23.9 Å². The Morgan fingerprint density at radius 3 is 2.85 bits per heavy atom. The number of nitrogens with zero attached hydrogens (tertiary/aromatic N) is 4. The summed E-state index contributed by atoms with van der Waals surface area (Å²) in [6.07, 6.45) is 5.98. The summed E-state index contributed by atoms with van der Waals surface area (Å²) >= 11 is 0. The standard InChI is InChI=1S/C18H24N6O2/c1-3-15-21-12(2)14(17(26)23-15)10-16(25)22-13-6-4-9-24(11-13)18-19-7-5-8-20-18/h5,7-8,13H,3-4,6,9-11H2,1-2H3,(H,22,25)(H,21,23,26). The Kier molecular flexibility index (Phi) is 5.60. The molecule has 26 heavy (non-hydrogen) atoms. The molecule has 0 aromatic carbocycles. The molecule has 3 heterocycles. The molecule has 1 unspecified atom stereocenters. The van der Waals surface area contributed by atoms with E-state index < -0.39 is 0 Å². The molecule has 1 amide bonds. The molecule has 138 valence electrons. The van der Waals surface area contributed by atoms with Gasteiger partial charge in [0.2, 0.25) is 11.9 Å². The second-order valence-electron chi connectivity index (χ2n) is 6.51. The maximum absolute atomic E-state index is 12.4. The monoisotopic (exact) mass is 356 g/mol. The van der Waals surface area contributed by atoms with Gasteiger partial charge in [0.05, 0.1) is 6.42 Å². The predicted octanol–water partition coefficient (Wildman–Crippen LogP) is 0.758. The lowest BCUT2D eigenvalue weighted by molar-refractivity contribution is -0.121. The topological polar surface area (TPSA) is 104 Å². The minimum Gasteiger partial charge on any atom is -0.351 e. The molecule has 1 aliphatic heterocycles. The Morgan fingerprint density at radius 2 is 2.15 bits per heavy atom. The van der Waals surface area contributed by atoms with Crippen LogP contribution in [0.4, 0.5) is 5.95 Å². The van der Waals surface area contributed by atoms with E-state index in [0.717, 1.165) is 19.4 Å². The molecule has 0 aliphatic carbocycles. The van der Waals surface area contributed by atoms with E-state index in [0.29, 0.717) is 36.0 Å². The molecule has 2 aromatic rings. The van der Waals surface area contributed by atoms with E-state index in [9.17, 15) is 9.59 Å². The van der Waals surface area contributed by atoms with E-state index in [1.165, 1.54) is 0 Å². The van der Waals surface area contributed by atoms with Crippen LogP contribution in [-0.4, -0.2) is 45.0 Å². The van der Waals surface area contributed by atoms with Gasteiger partial charge in [-0.05, 0) is 25.8 Å². The highest BCUT2D eigenvalue weighted by molar-refractivity contribution is 5.79. The van der Waals surface area contributed by atoms with Gasteiger partial charge in [-0.15, -0.1) is 0 Å². The Bertz CT molecular complexity index is 820. The number of nitrogens with one attached hydrogen (secondary N) is 2. The first-order valence-corrected chi connectivity index (χ1v) is 8.96. The van der Waals surface area contributed by atoms with Crippen molar-refractivity contribution in [3.63, 3.8) is 0 Å². The molecule has 0 saturated carbocycles. The van der Waals surface area contributed by atoms with Crippen LogP contribution in [-0.2, 0) is 17.6 Å². The van der Waals surface area contributed by atoms with Crippen LogP contribution in [0.5, 0.6) is 0 Å². The number of piperidine rings is 1. The molecule has 1 fully saturated rings. The Labute approximate surface area is 152 Å². The molecule has 1 saturated heterocycles. The van der Waals surface area contributed by atoms with Crippen LogP contribution in [0.3, 0.4) is 0 Å². The lowest BCUT2D eigenvalue weighted by atomic mass is 10.1. The number of hydrogen-bond acceptors (Lipinski definition) is 6. The van der Waals surface area contributed by atoms with E-state index in [2.05, 4.69) is 30.2 Å². The number of aromatic amines is 1. The summed E-state index contributed by atoms with van der Waals surface area (Å²) in [5.41, 5.74) is 0.815. The average Bonchev–Trinajstić information content (AvgIpc) is 2.65. The van der Waals surface area contributed by atoms with Crippen LogP contribution in [0.25, 0.3) is 0 Å². The van der Waals surface area contributed by atoms with Crippen molar-refractivity contribution in [3.05, 3.63) is 45.9 Å². The van der Waals surface area contributed by atoms with Crippen molar-refractivity contribution < 1.29 is 4.79 Å². The molecule has 2 aromatic heterocycles. The summed E-state index contributed by atoms with van der Waals surface area (Å²) in [5, 5.41) is 3.03. The smallest absolute Gasteiger partial charge is 0.254 e. The first-order chi connectivity index (χ1) is 12.6. The van der Waals surface area contributed by atoms with Gasteiger partial charge in [0.1, 0.15) is 5.82 Å². The van der Waals surface area contributed by atoms with Gasteiger partial charge in [0, 0.05) is 49.2 Å². The largest absolute Gasteiger partial charge is 0.351 e. The van der Waals surface area contributed by atoms with E-state index in [4.69, 9.17) is 0 Å². The van der Waals surface area contributed by atoms with Gasteiger partial charge in [0.15, 0.2) is 0 Å². The van der Waals surface area contributed by atoms with Gasteiger partial charge in [-0.25, -0.2) is 15.0 Å². The first kappa shape index (κ1) is 18.0. The molecular formula is C18H24N6O2. The van der Waals surface area contributed by atoms with Crippen molar-refractivity contribution in [3.8, 4) is 0 Å². The maximum atomic E-state index is 12.4. The zero-order chi connectivity index (χ0) is 18.5. The molecule has 8 nitrogen and oxygen atoms in total. The summed E-state index contributed by atoms with van der Waals surface area (Å²) < 4.78 is 0. The fraction of sp³-hybridized carbons (Fsp3) is 0.500.